The average Bonchev–Trinajstić information content (AvgIpc) is 2.34. The monoisotopic (exact) mass is 326 g/mol. The first-order valence-electron chi connectivity index (χ1n) is 5.65. The number of alkyl halides is 3. The quantitative estimate of drug-likeness (QED) is 0.834. The second kappa shape index (κ2) is 6.31. The van der Waals surface area contributed by atoms with E-state index in [1.807, 2.05) is 4.72 Å². The fraction of sp³-hybridized carbons (Fsp3) is 0.364. The summed E-state index contributed by atoms with van der Waals surface area (Å²) in [6.07, 6.45) is -5.00. The molecule has 0 aromatic heterocycles. The van der Waals surface area contributed by atoms with Crippen LogP contribution >= 0.6 is 0 Å². The largest absolute Gasteiger partial charge is 0.481 e. The van der Waals surface area contributed by atoms with E-state index in [-0.39, 0.29) is 12.2 Å². The first-order valence-corrected chi connectivity index (χ1v) is 7.09. The van der Waals surface area contributed by atoms with Crippen LogP contribution < -0.4 is 4.72 Å². The zero-order valence-electron chi connectivity index (χ0n) is 10.9. The number of benzene rings is 1. The lowest BCUT2D eigenvalue weighted by atomic mass is 10.2. The van der Waals surface area contributed by atoms with E-state index in [2.05, 4.69) is 0 Å². The van der Waals surface area contributed by atoms with Gasteiger partial charge in [-0.1, -0.05) is 6.07 Å². The third-order valence-electron chi connectivity index (χ3n) is 2.49. The van der Waals surface area contributed by atoms with Gasteiger partial charge in [0, 0.05) is 13.6 Å². The summed E-state index contributed by atoms with van der Waals surface area (Å²) in [5, 5.41) is 8.48. The highest BCUT2D eigenvalue weighted by Crippen LogP contribution is 2.30. The topological polar surface area (TPSA) is 86.7 Å². The van der Waals surface area contributed by atoms with Gasteiger partial charge in [0.2, 0.25) is 0 Å². The number of carboxylic acid groups (broad SMARTS) is 1. The predicted molar refractivity (Wildman–Crippen MR) is 68.9 cm³/mol. The highest BCUT2D eigenvalue weighted by Gasteiger charge is 2.30. The summed E-state index contributed by atoms with van der Waals surface area (Å²) >= 11 is 0. The lowest BCUT2D eigenvalue weighted by Crippen LogP contribution is -2.34. The van der Waals surface area contributed by atoms with Gasteiger partial charge < -0.3 is 5.11 Å². The standard InChI is InChI=1S/C11H13F3N2O4S/c1-16(6-5-10(17)18)21(19,20)15-9-4-2-3-8(7-9)11(12,13)14/h2-4,7,15H,5-6H2,1H3,(H,17,18). The van der Waals surface area contributed by atoms with E-state index in [0.717, 1.165) is 25.2 Å². The molecule has 1 aromatic carbocycles. The predicted octanol–water partition coefficient (Wildman–Crippen LogP) is 1.77. The first kappa shape index (κ1) is 17.2. The summed E-state index contributed by atoms with van der Waals surface area (Å²) in [6.45, 7) is -0.302. The molecule has 0 saturated heterocycles. The SMILES string of the molecule is CN(CCC(=O)O)S(=O)(=O)Nc1cccc(C(F)(F)F)c1. The molecule has 0 fully saturated rings. The summed E-state index contributed by atoms with van der Waals surface area (Å²) < 4.78 is 63.8. The highest BCUT2D eigenvalue weighted by atomic mass is 32.2. The molecular formula is C11H13F3N2O4S. The molecule has 0 bridgehead atoms. The molecule has 0 saturated carbocycles. The van der Waals surface area contributed by atoms with Gasteiger partial charge in [0.25, 0.3) is 0 Å². The van der Waals surface area contributed by atoms with Crippen LogP contribution in [-0.4, -0.2) is 37.4 Å². The van der Waals surface area contributed by atoms with Crippen molar-refractivity contribution in [3.05, 3.63) is 29.8 Å². The van der Waals surface area contributed by atoms with E-state index in [0.29, 0.717) is 10.4 Å². The van der Waals surface area contributed by atoms with Crippen molar-refractivity contribution in [2.45, 2.75) is 12.6 Å². The van der Waals surface area contributed by atoms with E-state index in [1.165, 1.54) is 0 Å². The van der Waals surface area contributed by atoms with Gasteiger partial charge in [-0.15, -0.1) is 0 Å². The van der Waals surface area contributed by atoms with Gasteiger partial charge in [0.1, 0.15) is 0 Å². The number of carbonyl (C=O) groups is 1. The molecule has 2 N–H and O–H groups in total. The molecule has 0 unspecified atom stereocenters. The number of halogens is 3. The smallest absolute Gasteiger partial charge is 0.416 e. The molecule has 0 aliphatic rings. The Morgan fingerprint density at radius 3 is 2.52 bits per heavy atom. The molecule has 10 heteroatoms. The zero-order chi connectivity index (χ0) is 16.3. The van der Waals surface area contributed by atoms with Gasteiger partial charge >= 0.3 is 22.4 Å². The van der Waals surface area contributed by atoms with E-state index in [4.69, 9.17) is 5.11 Å². The van der Waals surface area contributed by atoms with Crippen LogP contribution in [0, 0.1) is 0 Å². The molecule has 0 radical (unpaired) electrons. The maximum absolute atomic E-state index is 12.5. The average molecular weight is 326 g/mol. The van der Waals surface area contributed by atoms with Gasteiger partial charge in [-0.2, -0.15) is 25.9 Å². The van der Waals surface area contributed by atoms with E-state index >= 15 is 0 Å². The summed E-state index contributed by atoms with van der Waals surface area (Å²) in [4.78, 5) is 10.4. The van der Waals surface area contributed by atoms with Crippen LogP contribution in [0.25, 0.3) is 0 Å². The Bertz CT molecular complexity index is 616. The van der Waals surface area contributed by atoms with Crippen molar-refractivity contribution in [3.8, 4) is 0 Å². The maximum Gasteiger partial charge on any atom is 0.416 e. The molecule has 1 rings (SSSR count). The van der Waals surface area contributed by atoms with Crippen molar-refractivity contribution in [1.82, 2.24) is 4.31 Å². The summed E-state index contributed by atoms with van der Waals surface area (Å²) in [5.74, 6) is -1.18. The first-order chi connectivity index (χ1) is 9.52. The third kappa shape index (κ3) is 5.23. The van der Waals surface area contributed by atoms with Gasteiger partial charge in [-0.25, -0.2) is 0 Å². The van der Waals surface area contributed by atoms with Crippen LogP contribution in [0.15, 0.2) is 24.3 Å². The van der Waals surface area contributed by atoms with E-state index in [1.54, 1.807) is 0 Å². The highest BCUT2D eigenvalue weighted by molar-refractivity contribution is 7.90. The van der Waals surface area contributed by atoms with Gasteiger partial charge in [-0.3, -0.25) is 9.52 Å². The number of nitrogens with zero attached hydrogens (tertiary/aromatic N) is 1. The minimum atomic E-state index is -4.59. The number of rotatable bonds is 6. The number of hydrogen-bond donors (Lipinski definition) is 2. The van der Waals surface area contributed by atoms with Crippen molar-refractivity contribution in [3.63, 3.8) is 0 Å². The van der Waals surface area contributed by atoms with Crippen molar-refractivity contribution in [2.75, 3.05) is 18.3 Å². The van der Waals surface area contributed by atoms with Crippen LogP contribution in [0.3, 0.4) is 0 Å². The number of anilines is 1. The minimum Gasteiger partial charge on any atom is -0.481 e. The Balaban J connectivity index is 2.87. The Morgan fingerprint density at radius 1 is 1.38 bits per heavy atom. The summed E-state index contributed by atoms with van der Waals surface area (Å²) in [5.41, 5.74) is -1.25. The molecule has 1 aromatic rings. The molecular weight excluding hydrogens is 313 g/mol. The number of hydrogen-bond acceptors (Lipinski definition) is 3. The Morgan fingerprint density at radius 2 is 2.00 bits per heavy atom. The molecule has 0 spiro atoms. The molecule has 0 aliphatic heterocycles. The van der Waals surface area contributed by atoms with Gasteiger partial charge in [-0.05, 0) is 18.2 Å². The van der Waals surface area contributed by atoms with Crippen molar-refractivity contribution >= 4 is 21.9 Å². The minimum absolute atomic E-state index is 0.257. The van der Waals surface area contributed by atoms with Gasteiger partial charge in [0.15, 0.2) is 0 Å². The lowest BCUT2D eigenvalue weighted by Gasteiger charge is -2.18. The van der Waals surface area contributed by atoms with Crippen molar-refractivity contribution in [2.24, 2.45) is 0 Å². The van der Waals surface area contributed by atoms with Crippen LogP contribution in [0.5, 0.6) is 0 Å². The number of aliphatic carboxylic acids is 1. The Hall–Kier alpha value is -1.81. The molecule has 0 heterocycles. The molecule has 21 heavy (non-hydrogen) atoms. The number of nitrogens with one attached hydrogen (secondary N) is 1. The Kier molecular flexibility index (Phi) is 5.18. The lowest BCUT2D eigenvalue weighted by molar-refractivity contribution is -0.138. The maximum atomic E-state index is 12.5. The van der Waals surface area contributed by atoms with E-state index < -0.39 is 34.3 Å². The summed E-state index contributed by atoms with van der Waals surface area (Å²) in [7, 11) is -2.99. The van der Waals surface area contributed by atoms with Crippen LogP contribution in [-0.2, 0) is 21.2 Å². The molecule has 6 nitrogen and oxygen atoms in total. The fourth-order valence-corrected chi connectivity index (χ4v) is 2.27. The third-order valence-corrected chi connectivity index (χ3v) is 3.98. The van der Waals surface area contributed by atoms with E-state index in [9.17, 15) is 26.4 Å². The Labute approximate surface area is 119 Å². The van der Waals surface area contributed by atoms with Crippen LogP contribution in [0.4, 0.5) is 18.9 Å². The normalized spacial score (nSPS) is 12.4. The second-order valence-corrected chi connectivity index (χ2v) is 5.93. The number of carboxylic acids is 1. The molecule has 0 atom stereocenters. The zero-order valence-corrected chi connectivity index (χ0v) is 11.7. The molecule has 118 valence electrons. The van der Waals surface area contributed by atoms with Crippen LogP contribution in [0.1, 0.15) is 12.0 Å². The molecule has 0 aliphatic carbocycles. The van der Waals surface area contributed by atoms with Crippen molar-refractivity contribution < 1.29 is 31.5 Å². The molecule has 0 amide bonds. The van der Waals surface area contributed by atoms with Crippen molar-refractivity contribution in [1.29, 1.82) is 0 Å². The fourth-order valence-electron chi connectivity index (χ4n) is 1.36. The van der Waals surface area contributed by atoms with Gasteiger partial charge in [0.05, 0.1) is 17.7 Å². The summed E-state index contributed by atoms with van der Waals surface area (Å²) in [6, 6.07) is 3.70. The van der Waals surface area contributed by atoms with Crippen LogP contribution in [0.2, 0.25) is 0 Å². The second-order valence-electron chi connectivity index (χ2n) is 4.15.